The van der Waals surface area contributed by atoms with Crippen molar-refractivity contribution in [2.24, 2.45) is 14.1 Å². The summed E-state index contributed by atoms with van der Waals surface area (Å²) in [6, 6.07) is 17.2. The van der Waals surface area contributed by atoms with Crippen LogP contribution in [0, 0.1) is 0 Å². The van der Waals surface area contributed by atoms with E-state index in [0.29, 0.717) is 6.04 Å². The summed E-state index contributed by atoms with van der Waals surface area (Å²) in [6.45, 7) is 3.00. The third-order valence-electron chi connectivity index (χ3n) is 4.67. The number of hydrogen-bond donors (Lipinski definition) is 1. The predicted molar refractivity (Wildman–Crippen MR) is 99.1 cm³/mol. The summed E-state index contributed by atoms with van der Waals surface area (Å²) in [6.07, 6.45) is 2.24. The van der Waals surface area contributed by atoms with Crippen LogP contribution in [0.25, 0.3) is 11.0 Å². The summed E-state index contributed by atoms with van der Waals surface area (Å²) in [5, 5.41) is 3.66. The van der Waals surface area contributed by atoms with Gasteiger partial charge in [-0.15, -0.1) is 0 Å². The van der Waals surface area contributed by atoms with Crippen molar-refractivity contribution in [1.82, 2.24) is 14.5 Å². The highest BCUT2D eigenvalue weighted by atomic mass is 16.1. The van der Waals surface area contributed by atoms with E-state index in [9.17, 15) is 4.79 Å². The predicted octanol–water partition coefficient (Wildman–Crippen LogP) is 3.51. The van der Waals surface area contributed by atoms with Crippen LogP contribution in [0.3, 0.4) is 0 Å². The van der Waals surface area contributed by atoms with Crippen LogP contribution >= 0.6 is 0 Å². The first-order valence-electron chi connectivity index (χ1n) is 8.54. The lowest BCUT2D eigenvalue weighted by molar-refractivity contribution is 0.493. The molecule has 3 rings (SSSR count). The summed E-state index contributed by atoms with van der Waals surface area (Å²) in [5.41, 5.74) is 4.49. The first-order chi connectivity index (χ1) is 11.6. The minimum absolute atomic E-state index is 0.0169. The molecule has 3 aromatic rings. The smallest absolute Gasteiger partial charge is 0.306 e. The number of fused-ring (bicyclic) bond motifs is 1. The van der Waals surface area contributed by atoms with E-state index in [0.717, 1.165) is 30.4 Å². The SMILES string of the molecule is CCC[C@H](NCc1ccc2c(c1)n(C)c(=O)n2C)c1ccccc1. The Balaban J connectivity index is 1.81. The van der Waals surface area contributed by atoms with Crippen molar-refractivity contribution in [3.05, 3.63) is 70.1 Å². The fourth-order valence-electron chi connectivity index (χ4n) is 3.26. The van der Waals surface area contributed by atoms with Crippen LogP contribution in [0.4, 0.5) is 0 Å². The lowest BCUT2D eigenvalue weighted by Gasteiger charge is -2.19. The molecule has 1 N–H and O–H groups in total. The van der Waals surface area contributed by atoms with Crippen molar-refractivity contribution >= 4 is 11.0 Å². The Morgan fingerprint density at radius 1 is 1.00 bits per heavy atom. The van der Waals surface area contributed by atoms with Gasteiger partial charge in [0, 0.05) is 26.7 Å². The van der Waals surface area contributed by atoms with Gasteiger partial charge in [-0.1, -0.05) is 49.7 Å². The molecule has 0 bridgehead atoms. The second-order valence-corrected chi connectivity index (χ2v) is 6.36. The molecular weight excluding hydrogens is 298 g/mol. The topological polar surface area (TPSA) is 39.0 Å². The van der Waals surface area contributed by atoms with Gasteiger partial charge in [-0.05, 0) is 29.7 Å². The minimum atomic E-state index is 0.0169. The number of nitrogens with one attached hydrogen (secondary N) is 1. The monoisotopic (exact) mass is 323 g/mol. The average Bonchev–Trinajstić information content (AvgIpc) is 2.83. The van der Waals surface area contributed by atoms with Crippen LogP contribution in [-0.2, 0) is 20.6 Å². The zero-order valence-corrected chi connectivity index (χ0v) is 14.6. The fourth-order valence-corrected chi connectivity index (χ4v) is 3.26. The molecule has 0 fully saturated rings. The van der Waals surface area contributed by atoms with Crippen LogP contribution in [-0.4, -0.2) is 9.13 Å². The first kappa shape index (κ1) is 16.5. The average molecular weight is 323 g/mol. The summed E-state index contributed by atoms with van der Waals surface area (Å²) in [4.78, 5) is 12.0. The number of rotatable bonds is 6. The molecule has 0 aliphatic carbocycles. The lowest BCUT2D eigenvalue weighted by atomic mass is 10.0. The molecule has 4 heteroatoms. The highest BCUT2D eigenvalue weighted by Crippen LogP contribution is 2.20. The number of imidazole rings is 1. The van der Waals surface area contributed by atoms with Crippen molar-refractivity contribution in [2.75, 3.05) is 0 Å². The molecule has 24 heavy (non-hydrogen) atoms. The minimum Gasteiger partial charge on any atom is -0.306 e. The second-order valence-electron chi connectivity index (χ2n) is 6.36. The number of aryl methyl sites for hydroxylation is 2. The van der Waals surface area contributed by atoms with Crippen LogP contribution in [0.5, 0.6) is 0 Å². The molecule has 0 aliphatic heterocycles. The maximum atomic E-state index is 12.0. The van der Waals surface area contributed by atoms with Crippen LogP contribution in [0.1, 0.15) is 36.9 Å². The molecule has 4 nitrogen and oxygen atoms in total. The summed E-state index contributed by atoms with van der Waals surface area (Å²) < 4.78 is 3.40. The molecule has 0 saturated heterocycles. The van der Waals surface area contributed by atoms with E-state index in [1.807, 2.05) is 20.2 Å². The Labute approximate surface area is 142 Å². The van der Waals surface area contributed by atoms with Crippen LogP contribution in [0.15, 0.2) is 53.3 Å². The molecule has 0 saturated carbocycles. The van der Waals surface area contributed by atoms with Gasteiger partial charge in [-0.2, -0.15) is 0 Å². The Bertz CT molecular complexity index is 877. The molecular formula is C20H25N3O. The third kappa shape index (κ3) is 3.15. The summed E-state index contributed by atoms with van der Waals surface area (Å²) in [7, 11) is 3.64. The van der Waals surface area contributed by atoms with Gasteiger partial charge in [0.15, 0.2) is 0 Å². The molecule has 1 aromatic heterocycles. The number of benzene rings is 2. The molecule has 0 amide bonds. The van der Waals surface area contributed by atoms with Gasteiger partial charge in [0.1, 0.15) is 0 Å². The molecule has 0 spiro atoms. The number of aromatic nitrogens is 2. The van der Waals surface area contributed by atoms with E-state index in [-0.39, 0.29) is 5.69 Å². The van der Waals surface area contributed by atoms with Gasteiger partial charge in [-0.25, -0.2) is 4.79 Å². The van der Waals surface area contributed by atoms with Crippen molar-refractivity contribution in [2.45, 2.75) is 32.4 Å². The number of nitrogens with zero attached hydrogens (tertiary/aromatic N) is 2. The summed E-state index contributed by atoms with van der Waals surface area (Å²) in [5.74, 6) is 0. The molecule has 0 aliphatic rings. The second kappa shape index (κ2) is 7.05. The quantitative estimate of drug-likeness (QED) is 0.754. The normalized spacial score (nSPS) is 12.6. The van der Waals surface area contributed by atoms with Crippen molar-refractivity contribution in [3.63, 3.8) is 0 Å². The highest BCUT2D eigenvalue weighted by molar-refractivity contribution is 5.76. The van der Waals surface area contributed by atoms with E-state index in [4.69, 9.17) is 0 Å². The Morgan fingerprint density at radius 3 is 2.42 bits per heavy atom. The molecule has 1 atom stereocenters. The standard InChI is InChI=1S/C20H25N3O/c1-4-8-17(16-9-6-5-7-10-16)21-14-15-11-12-18-19(13-15)23(3)20(24)22(18)2/h5-7,9-13,17,21H,4,8,14H2,1-3H3/t17-/m0/s1. The molecule has 0 radical (unpaired) electrons. The van der Waals surface area contributed by atoms with Crippen molar-refractivity contribution < 1.29 is 0 Å². The van der Waals surface area contributed by atoms with Gasteiger partial charge < -0.3 is 5.32 Å². The van der Waals surface area contributed by atoms with Crippen molar-refractivity contribution in [1.29, 1.82) is 0 Å². The Hall–Kier alpha value is -2.33. The van der Waals surface area contributed by atoms with Crippen LogP contribution in [0.2, 0.25) is 0 Å². The summed E-state index contributed by atoms with van der Waals surface area (Å²) >= 11 is 0. The maximum Gasteiger partial charge on any atom is 0.328 e. The largest absolute Gasteiger partial charge is 0.328 e. The molecule has 2 aromatic carbocycles. The van der Waals surface area contributed by atoms with Gasteiger partial charge in [-0.3, -0.25) is 9.13 Å². The van der Waals surface area contributed by atoms with E-state index in [2.05, 4.69) is 54.7 Å². The van der Waals surface area contributed by atoms with Gasteiger partial charge in [0.05, 0.1) is 11.0 Å². The van der Waals surface area contributed by atoms with E-state index in [1.165, 1.54) is 11.1 Å². The Kier molecular flexibility index (Phi) is 4.86. The van der Waals surface area contributed by atoms with Gasteiger partial charge >= 0.3 is 5.69 Å². The zero-order valence-electron chi connectivity index (χ0n) is 14.6. The lowest BCUT2D eigenvalue weighted by Crippen LogP contribution is -2.20. The van der Waals surface area contributed by atoms with E-state index in [1.54, 1.807) is 9.13 Å². The van der Waals surface area contributed by atoms with Gasteiger partial charge in [0.25, 0.3) is 0 Å². The Morgan fingerprint density at radius 2 is 1.71 bits per heavy atom. The number of hydrogen-bond acceptors (Lipinski definition) is 2. The highest BCUT2D eigenvalue weighted by Gasteiger charge is 2.11. The molecule has 126 valence electrons. The maximum absolute atomic E-state index is 12.0. The van der Waals surface area contributed by atoms with E-state index >= 15 is 0 Å². The first-order valence-corrected chi connectivity index (χ1v) is 8.54. The van der Waals surface area contributed by atoms with Crippen LogP contribution < -0.4 is 11.0 Å². The van der Waals surface area contributed by atoms with E-state index < -0.39 is 0 Å². The molecule has 1 heterocycles. The van der Waals surface area contributed by atoms with Gasteiger partial charge in [0.2, 0.25) is 0 Å². The fraction of sp³-hybridized carbons (Fsp3) is 0.350. The molecule has 0 unspecified atom stereocenters. The zero-order chi connectivity index (χ0) is 17.1. The third-order valence-corrected chi connectivity index (χ3v) is 4.67. The van der Waals surface area contributed by atoms with Crippen molar-refractivity contribution in [3.8, 4) is 0 Å².